The number of carbonyl (C=O) groups is 1. The fourth-order valence-electron chi connectivity index (χ4n) is 4.35. The topological polar surface area (TPSA) is 93.3 Å². The lowest BCUT2D eigenvalue weighted by molar-refractivity contribution is -0.118. The van der Waals surface area contributed by atoms with Crippen LogP contribution in [0.15, 0.2) is 45.1 Å². The lowest BCUT2D eigenvalue weighted by Gasteiger charge is -2.39. The second-order valence-electron chi connectivity index (χ2n) is 8.45. The van der Waals surface area contributed by atoms with Gasteiger partial charge in [-0.15, -0.1) is 0 Å². The van der Waals surface area contributed by atoms with Crippen LogP contribution in [0.1, 0.15) is 43.7 Å². The third-order valence-electron chi connectivity index (χ3n) is 5.69. The Hall–Kier alpha value is -3.09. The van der Waals surface area contributed by atoms with Gasteiger partial charge in [-0.05, 0) is 29.5 Å². The summed E-state index contributed by atoms with van der Waals surface area (Å²) in [6, 6.07) is 6.52. The minimum atomic E-state index is -0.582. The second-order valence-corrected chi connectivity index (χ2v) is 8.45. The highest BCUT2D eigenvalue weighted by Gasteiger charge is 2.42. The van der Waals surface area contributed by atoms with E-state index in [-0.39, 0.29) is 16.9 Å². The Labute approximate surface area is 161 Å². The summed E-state index contributed by atoms with van der Waals surface area (Å²) in [5.41, 5.74) is 1.39. The summed E-state index contributed by atoms with van der Waals surface area (Å²) in [4.78, 5) is 38.7. The minimum Gasteiger partial charge on any atom is -0.508 e. The second kappa shape index (κ2) is 5.95. The van der Waals surface area contributed by atoms with Crippen molar-refractivity contribution < 1.29 is 9.90 Å². The van der Waals surface area contributed by atoms with E-state index in [9.17, 15) is 19.5 Å². The molecule has 0 amide bonds. The molecule has 2 aliphatic rings. The van der Waals surface area contributed by atoms with Crippen molar-refractivity contribution in [3.63, 3.8) is 0 Å². The number of nitrogens with zero attached hydrogens (tertiary/aromatic N) is 2. The maximum absolute atomic E-state index is 13.1. The van der Waals surface area contributed by atoms with Gasteiger partial charge in [0.2, 0.25) is 0 Å². The molecule has 0 saturated heterocycles. The molecule has 7 heteroatoms. The summed E-state index contributed by atoms with van der Waals surface area (Å²) in [6.07, 6.45) is 1.04. The lowest BCUT2D eigenvalue weighted by atomic mass is 9.69. The molecule has 146 valence electrons. The van der Waals surface area contributed by atoms with Gasteiger partial charge in [-0.2, -0.15) is 0 Å². The molecule has 4 rings (SSSR count). The van der Waals surface area contributed by atoms with Crippen molar-refractivity contribution in [2.45, 2.75) is 32.6 Å². The van der Waals surface area contributed by atoms with E-state index < -0.39 is 17.2 Å². The maximum atomic E-state index is 13.1. The number of carbonyl (C=O) groups excluding carboxylic acids is 1. The van der Waals surface area contributed by atoms with Gasteiger partial charge < -0.3 is 10.4 Å². The molecular formula is C21H23N3O4. The van der Waals surface area contributed by atoms with Gasteiger partial charge in [0.15, 0.2) is 5.78 Å². The standard InChI is InChI=1S/C21H23N3O4/c1-21(2)9-13-16(14(26)10-21)15(11-5-7-12(25)8-6-11)17-18(22-13)23(3)20(28)24(4)19(17)27/h5-8,15,22,25H,9-10H2,1-4H3/t15-/m0/s1. The normalized spacial score (nSPS) is 20.4. The van der Waals surface area contributed by atoms with E-state index in [0.717, 1.165) is 15.8 Å². The molecule has 1 atom stereocenters. The van der Waals surface area contributed by atoms with Gasteiger partial charge in [0.1, 0.15) is 11.6 Å². The summed E-state index contributed by atoms with van der Waals surface area (Å²) in [5.74, 6) is -0.0497. The number of hydrogen-bond acceptors (Lipinski definition) is 5. The fourth-order valence-corrected chi connectivity index (χ4v) is 4.35. The molecule has 0 saturated carbocycles. The molecule has 0 unspecified atom stereocenters. The number of Topliss-reactive ketones (excluding diaryl/α,β-unsaturated/α-hetero) is 1. The van der Waals surface area contributed by atoms with Crippen molar-refractivity contribution >= 4 is 11.6 Å². The molecule has 1 aliphatic heterocycles. The van der Waals surface area contributed by atoms with Gasteiger partial charge >= 0.3 is 5.69 Å². The number of aromatic nitrogens is 2. The molecule has 1 aromatic heterocycles. The number of allylic oxidation sites excluding steroid dienone is 2. The van der Waals surface area contributed by atoms with Crippen LogP contribution in [0.3, 0.4) is 0 Å². The summed E-state index contributed by atoms with van der Waals surface area (Å²) in [5, 5.41) is 12.9. The first-order valence-electron chi connectivity index (χ1n) is 9.23. The van der Waals surface area contributed by atoms with Crippen molar-refractivity contribution in [1.82, 2.24) is 9.13 Å². The smallest absolute Gasteiger partial charge is 0.332 e. The number of aromatic hydroxyl groups is 1. The number of fused-ring (bicyclic) bond motifs is 1. The number of phenols is 1. The van der Waals surface area contributed by atoms with Gasteiger partial charge in [-0.3, -0.25) is 18.7 Å². The van der Waals surface area contributed by atoms with Crippen LogP contribution in [-0.2, 0) is 18.9 Å². The molecule has 0 spiro atoms. The highest BCUT2D eigenvalue weighted by Crippen LogP contribution is 2.47. The van der Waals surface area contributed by atoms with Crippen molar-refractivity contribution in [1.29, 1.82) is 0 Å². The van der Waals surface area contributed by atoms with E-state index in [1.165, 1.54) is 11.6 Å². The number of benzene rings is 1. The lowest BCUT2D eigenvalue weighted by Crippen LogP contribution is -2.45. The number of rotatable bonds is 1. The zero-order valence-electron chi connectivity index (χ0n) is 16.4. The molecule has 2 heterocycles. The molecule has 7 nitrogen and oxygen atoms in total. The van der Waals surface area contributed by atoms with Crippen LogP contribution < -0.4 is 16.6 Å². The van der Waals surface area contributed by atoms with E-state index in [1.54, 1.807) is 31.3 Å². The molecule has 28 heavy (non-hydrogen) atoms. The number of nitrogens with one attached hydrogen (secondary N) is 1. The maximum Gasteiger partial charge on any atom is 0.332 e. The van der Waals surface area contributed by atoms with E-state index in [0.29, 0.717) is 29.8 Å². The van der Waals surface area contributed by atoms with E-state index >= 15 is 0 Å². The average molecular weight is 381 g/mol. The predicted octanol–water partition coefficient (Wildman–Crippen LogP) is 1.99. The SMILES string of the molecule is Cn1c2c(c(=O)n(C)c1=O)[C@@H](c1ccc(O)cc1)C1=C(CC(C)(C)CC1=O)N2. The van der Waals surface area contributed by atoms with Crippen LogP contribution in [0.5, 0.6) is 5.75 Å². The fraction of sp³-hybridized carbons (Fsp3) is 0.381. The molecule has 0 radical (unpaired) electrons. The molecule has 1 aliphatic carbocycles. The quantitative estimate of drug-likeness (QED) is 0.788. The number of ketones is 1. The molecule has 2 N–H and O–H groups in total. The third kappa shape index (κ3) is 2.61. The van der Waals surface area contributed by atoms with Gasteiger partial charge in [-0.25, -0.2) is 4.79 Å². The zero-order chi connectivity index (χ0) is 20.4. The minimum absolute atomic E-state index is 0.00150. The third-order valence-corrected chi connectivity index (χ3v) is 5.69. The summed E-state index contributed by atoms with van der Waals surface area (Å²) >= 11 is 0. The molecule has 0 bridgehead atoms. The molecule has 2 aromatic rings. The Balaban J connectivity index is 2.07. The number of anilines is 1. The average Bonchev–Trinajstić information content (AvgIpc) is 2.63. The first-order valence-corrected chi connectivity index (χ1v) is 9.23. The van der Waals surface area contributed by atoms with E-state index in [2.05, 4.69) is 5.32 Å². The van der Waals surface area contributed by atoms with Gasteiger partial charge in [0.05, 0.1) is 5.56 Å². The largest absolute Gasteiger partial charge is 0.508 e. The van der Waals surface area contributed by atoms with Crippen molar-refractivity contribution in [2.75, 3.05) is 5.32 Å². The van der Waals surface area contributed by atoms with E-state index in [1.807, 2.05) is 13.8 Å². The van der Waals surface area contributed by atoms with Crippen molar-refractivity contribution in [3.8, 4) is 5.75 Å². The van der Waals surface area contributed by atoms with Gasteiger partial charge in [0.25, 0.3) is 5.56 Å². The van der Waals surface area contributed by atoms with Gasteiger partial charge in [0, 0.05) is 37.7 Å². The Bertz CT molecular complexity index is 1150. The van der Waals surface area contributed by atoms with Crippen LogP contribution in [-0.4, -0.2) is 20.0 Å². The number of hydrogen-bond donors (Lipinski definition) is 2. The van der Waals surface area contributed by atoms with Crippen LogP contribution in [0.25, 0.3) is 0 Å². The molecular weight excluding hydrogens is 358 g/mol. The Morgan fingerprint density at radius 2 is 1.68 bits per heavy atom. The number of phenolic OH excluding ortho intramolecular Hbond substituents is 1. The first kappa shape index (κ1) is 18.3. The summed E-state index contributed by atoms with van der Waals surface area (Å²) < 4.78 is 2.48. The van der Waals surface area contributed by atoms with Crippen LogP contribution in [0.2, 0.25) is 0 Å². The first-order chi connectivity index (χ1) is 13.1. The van der Waals surface area contributed by atoms with Gasteiger partial charge in [-0.1, -0.05) is 26.0 Å². The molecule has 0 fully saturated rings. The summed E-state index contributed by atoms with van der Waals surface area (Å²) in [6.45, 7) is 4.06. The van der Waals surface area contributed by atoms with E-state index in [4.69, 9.17) is 0 Å². The van der Waals surface area contributed by atoms with Crippen LogP contribution >= 0.6 is 0 Å². The highest BCUT2D eigenvalue weighted by atomic mass is 16.3. The summed E-state index contributed by atoms with van der Waals surface area (Å²) in [7, 11) is 3.05. The van der Waals surface area contributed by atoms with Crippen LogP contribution in [0, 0.1) is 5.41 Å². The zero-order valence-corrected chi connectivity index (χ0v) is 16.4. The van der Waals surface area contributed by atoms with Crippen molar-refractivity contribution in [3.05, 3.63) is 67.5 Å². The molecule has 1 aromatic carbocycles. The van der Waals surface area contributed by atoms with Crippen molar-refractivity contribution in [2.24, 2.45) is 19.5 Å². The Morgan fingerprint density at radius 1 is 1.04 bits per heavy atom. The Morgan fingerprint density at radius 3 is 2.32 bits per heavy atom. The monoisotopic (exact) mass is 381 g/mol. The highest BCUT2D eigenvalue weighted by molar-refractivity contribution is 6.01. The predicted molar refractivity (Wildman–Crippen MR) is 106 cm³/mol. The van der Waals surface area contributed by atoms with Crippen LogP contribution in [0.4, 0.5) is 5.82 Å². The Kier molecular flexibility index (Phi) is 3.89.